The minimum absolute atomic E-state index is 0.387. The van der Waals surface area contributed by atoms with Gasteiger partial charge in [0.2, 0.25) is 0 Å². The van der Waals surface area contributed by atoms with Gasteiger partial charge in [-0.1, -0.05) is 0 Å². The van der Waals surface area contributed by atoms with Crippen molar-refractivity contribution < 1.29 is 14.2 Å². The van der Waals surface area contributed by atoms with E-state index in [1.165, 1.54) is 36.6 Å². The second-order valence-corrected chi connectivity index (χ2v) is 4.09. The van der Waals surface area contributed by atoms with Crippen molar-refractivity contribution in [1.29, 1.82) is 0 Å². The minimum Gasteiger partial charge on any atom is -0.496 e. The Bertz CT molecular complexity index is 473. The Kier molecular flexibility index (Phi) is 3.17. The number of aliphatic hydroxyl groups excluding tert-OH is 1. The van der Waals surface area contributed by atoms with Gasteiger partial charge in [0.15, 0.2) is 0 Å². The summed E-state index contributed by atoms with van der Waals surface area (Å²) in [6.07, 6.45) is 0.639. The molecule has 1 unspecified atom stereocenters. The fraction of sp³-hybridized carbons (Fsp3) is 0.182. The van der Waals surface area contributed by atoms with Gasteiger partial charge >= 0.3 is 0 Å². The van der Waals surface area contributed by atoms with Gasteiger partial charge in [0, 0.05) is 17.1 Å². The zero-order valence-corrected chi connectivity index (χ0v) is 9.37. The van der Waals surface area contributed by atoms with Gasteiger partial charge in [-0.05, 0) is 18.2 Å². The summed E-state index contributed by atoms with van der Waals surface area (Å²) >= 11 is 1.31. The molecule has 5 heteroatoms. The average Bonchev–Trinajstić information content (AvgIpc) is 2.81. The monoisotopic (exact) mass is 239 g/mol. The van der Waals surface area contributed by atoms with Crippen LogP contribution in [0.4, 0.5) is 4.39 Å². The molecule has 1 N–H and O–H groups in total. The summed E-state index contributed by atoms with van der Waals surface area (Å²) in [6, 6.07) is 4.03. The van der Waals surface area contributed by atoms with Crippen molar-refractivity contribution in [3.05, 3.63) is 46.2 Å². The smallest absolute Gasteiger partial charge is 0.134 e. The van der Waals surface area contributed by atoms with Crippen LogP contribution in [-0.4, -0.2) is 17.2 Å². The van der Waals surface area contributed by atoms with Crippen LogP contribution in [0.2, 0.25) is 0 Å². The highest BCUT2D eigenvalue weighted by molar-refractivity contribution is 7.09. The molecule has 1 heterocycles. The first-order valence-electron chi connectivity index (χ1n) is 4.63. The van der Waals surface area contributed by atoms with Gasteiger partial charge in [-0.25, -0.2) is 9.37 Å². The Labute approximate surface area is 96.2 Å². The highest BCUT2D eigenvalue weighted by Gasteiger charge is 2.18. The first-order chi connectivity index (χ1) is 7.72. The Morgan fingerprint density at radius 2 is 2.31 bits per heavy atom. The number of aliphatic hydroxyl groups is 1. The largest absolute Gasteiger partial charge is 0.496 e. The van der Waals surface area contributed by atoms with Crippen LogP contribution in [0.15, 0.2) is 29.8 Å². The van der Waals surface area contributed by atoms with Gasteiger partial charge in [-0.15, -0.1) is 11.3 Å². The summed E-state index contributed by atoms with van der Waals surface area (Å²) in [4.78, 5) is 3.99. The van der Waals surface area contributed by atoms with Gasteiger partial charge in [-0.3, -0.25) is 0 Å². The number of methoxy groups -OCH3 is 1. The molecule has 0 spiro atoms. The number of aromatic nitrogens is 1. The fourth-order valence-electron chi connectivity index (χ4n) is 1.42. The number of halogens is 1. The molecule has 0 radical (unpaired) electrons. The van der Waals surface area contributed by atoms with Crippen molar-refractivity contribution in [3.63, 3.8) is 0 Å². The van der Waals surface area contributed by atoms with Crippen LogP contribution in [-0.2, 0) is 0 Å². The molecule has 2 aromatic rings. The predicted molar refractivity (Wildman–Crippen MR) is 59.1 cm³/mol. The summed E-state index contributed by atoms with van der Waals surface area (Å²) in [6.45, 7) is 0. The number of ether oxygens (including phenoxy) is 1. The van der Waals surface area contributed by atoms with Crippen molar-refractivity contribution in [2.75, 3.05) is 7.11 Å². The zero-order chi connectivity index (χ0) is 11.5. The fourth-order valence-corrected chi connectivity index (χ4v) is 2.06. The normalized spacial score (nSPS) is 12.4. The first-order valence-corrected chi connectivity index (χ1v) is 5.51. The van der Waals surface area contributed by atoms with E-state index in [4.69, 9.17) is 4.74 Å². The van der Waals surface area contributed by atoms with E-state index < -0.39 is 11.9 Å². The lowest BCUT2D eigenvalue weighted by molar-refractivity contribution is 0.213. The van der Waals surface area contributed by atoms with Gasteiger partial charge < -0.3 is 9.84 Å². The molecule has 84 valence electrons. The molecule has 3 nitrogen and oxygen atoms in total. The van der Waals surface area contributed by atoms with Crippen LogP contribution in [0.25, 0.3) is 0 Å². The van der Waals surface area contributed by atoms with E-state index in [-0.39, 0.29) is 0 Å². The molecule has 0 amide bonds. The topological polar surface area (TPSA) is 42.4 Å². The van der Waals surface area contributed by atoms with Crippen LogP contribution >= 0.6 is 11.3 Å². The lowest BCUT2D eigenvalue weighted by atomic mass is 10.1. The quantitative estimate of drug-likeness (QED) is 0.894. The maximum atomic E-state index is 13.1. The summed E-state index contributed by atoms with van der Waals surface area (Å²) in [5, 5.41) is 12.3. The maximum absolute atomic E-state index is 13.1. The minimum atomic E-state index is -0.953. The van der Waals surface area contributed by atoms with Crippen molar-refractivity contribution in [2.24, 2.45) is 0 Å². The summed E-state index contributed by atoms with van der Waals surface area (Å²) in [5.74, 6) is 0.0375. The van der Waals surface area contributed by atoms with Crippen LogP contribution < -0.4 is 4.74 Å². The van der Waals surface area contributed by atoms with Crippen LogP contribution in [0.5, 0.6) is 5.75 Å². The lowest BCUT2D eigenvalue weighted by Crippen LogP contribution is -2.02. The van der Waals surface area contributed by atoms with E-state index in [9.17, 15) is 9.50 Å². The Hall–Kier alpha value is -1.46. The van der Waals surface area contributed by atoms with E-state index in [2.05, 4.69) is 4.98 Å². The van der Waals surface area contributed by atoms with E-state index in [1.807, 2.05) is 0 Å². The van der Waals surface area contributed by atoms with E-state index in [0.717, 1.165) is 0 Å². The average molecular weight is 239 g/mol. The highest BCUT2D eigenvalue weighted by Crippen LogP contribution is 2.31. The second kappa shape index (κ2) is 4.59. The molecule has 0 aliphatic carbocycles. The van der Waals surface area contributed by atoms with Crippen molar-refractivity contribution >= 4 is 11.3 Å². The van der Waals surface area contributed by atoms with Gasteiger partial charge in [0.1, 0.15) is 22.7 Å². The molecule has 0 aliphatic rings. The van der Waals surface area contributed by atoms with Crippen molar-refractivity contribution in [2.45, 2.75) is 6.10 Å². The summed E-state index contributed by atoms with van der Waals surface area (Å²) in [5.41, 5.74) is 0.387. The third-order valence-corrected chi connectivity index (χ3v) is 3.00. The zero-order valence-electron chi connectivity index (χ0n) is 8.55. The number of hydrogen-bond acceptors (Lipinski definition) is 4. The molecule has 0 fully saturated rings. The molecule has 0 saturated carbocycles. The maximum Gasteiger partial charge on any atom is 0.134 e. The first kappa shape index (κ1) is 11.0. The van der Waals surface area contributed by atoms with Crippen molar-refractivity contribution in [1.82, 2.24) is 4.98 Å². The molecule has 16 heavy (non-hydrogen) atoms. The molecular weight excluding hydrogens is 229 g/mol. The second-order valence-electron chi connectivity index (χ2n) is 3.16. The number of benzene rings is 1. The molecule has 0 bridgehead atoms. The van der Waals surface area contributed by atoms with E-state index in [1.54, 1.807) is 11.6 Å². The Morgan fingerprint density at radius 3 is 2.94 bits per heavy atom. The summed E-state index contributed by atoms with van der Waals surface area (Å²) < 4.78 is 18.2. The highest BCUT2D eigenvalue weighted by atomic mass is 32.1. The lowest BCUT2D eigenvalue weighted by Gasteiger charge is -2.12. The molecule has 1 aromatic carbocycles. The van der Waals surface area contributed by atoms with Crippen LogP contribution in [0, 0.1) is 5.82 Å². The molecule has 1 aromatic heterocycles. The molecule has 0 aliphatic heterocycles. The third-order valence-electron chi connectivity index (χ3n) is 2.17. The number of rotatable bonds is 3. The van der Waals surface area contributed by atoms with Crippen LogP contribution in [0.3, 0.4) is 0 Å². The SMILES string of the molecule is COc1ccc(F)cc1C(O)c1nccs1. The molecule has 1 atom stereocenters. The molecule has 0 saturated heterocycles. The van der Waals surface area contributed by atoms with E-state index in [0.29, 0.717) is 16.3 Å². The Balaban J connectivity index is 2.42. The van der Waals surface area contributed by atoms with Crippen LogP contribution in [0.1, 0.15) is 16.7 Å². The van der Waals surface area contributed by atoms with Gasteiger partial charge in [-0.2, -0.15) is 0 Å². The predicted octanol–water partition coefficient (Wildman–Crippen LogP) is 2.37. The molecule has 2 rings (SSSR count). The summed E-state index contributed by atoms with van der Waals surface area (Å²) in [7, 11) is 1.48. The standard InChI is InChI=1S/C11H10FNO2S/c1-15-9-3-2-7(12)6-8(9)10(14)11-13-4-5-16-11/h2-6,10,14H,1H3. The number of nitrogens with zero attached hydrogens (tertiary/aromatic N) is 1. The van der Waals surface area contributed by atoms with Crippen molar-refractivity contribution in [3.8, 4) is 5.75 Å². The molecular formula is C11H10FNO2S. The Morgan fingerprint density at radius 1 is 1.50 bits per heavy atom. The van der Waals surface area contributed by atoms with Gasteiger partial charge in [0.25, 0.3) is 0 Å². The number of hydrogen-bond donors (Lipinski definition) is 1. The number of thiazole rings is 1. The van der Waals surface area contributed by atoms with E-state index >= 15 is 0 Å². The third kappa shape index (κ3) is 2.05. The van der Waals surface area contributed by atoms with Gasteiger partial charge in [0.05, 0.1) is 7.11 Å².